The molecular formula is C94H200. The molecule has 0 aromatic heterocycles. The third-order valence-electron chi connectivity index (χ3n) is 22.3. The predicted octanol–water partition coefficient (Wildman–Crippen LogP) is 37.0. The van der Waals surface area contributed by atoms with Gasteiger partial charge in [-0.1, -0.05) is 543 Å². The molecule has 0 heterocycles. The highest BCUT2D eigenvalue weighted by Gasteiger charge is 2.35. The van der Waals surface area contributed by atoms with E-state index < -0.39 is 0 Å². The summed E-state index contributed by atoms with van der Waals surface area (Å²) in [5.74, 6) is 8.55. The smallest absolute Gasteiger partial charge is 0.0383 e. The molecule has 0 spiro atoms. The maximum absolute atomic E-state index is 2.47. The van der Waals surface area contributed by atoms with Crippen LogP contribution in [0, 0.1) is 47.3 Å². The summed E-state index contributed by atoms with van der Waals surface area (Å²) in [6.07, 6.45) is 105. The first-order chi connectivity index (χ1) is 44.5. The van der Waals surface area contributed by atoms with Crippen molar-refractivity contribution in [2.45, 2.75) is 562 Å². The fourth-order valence-electron chi connectivity index (χ4n) is 15.9. The highest BCUT2D eigenvalue weighted by molar-refractivity contribution is 4.86. The number of rotatable bonds is 2. The Bertz CT molecular complexity index is 982. The third-order valence-corrected chi connectivity index (χ3v) is 22.3. The zero-order valence-electron chi connectivity index (χ0n) is 66.1. The van der Waals surface area contributed by atoms with Crippen LogP contribution in [0.25, 0.3) is 0 Å². The molecule has 0 aliphatic heterocycles. The van der Waals surface area contributed by atoms with Gasteiger partial charge in [-0.2, -0.15) is 0 Å². The van der Waals surface area contributed by atoms with Crippen LogP contribution in [0.4, 0.5) is 0 Å². The Morgan fingerprint density at radius 2 is 0.223 bits per heavy atom. The average Bonchev–Trinajstić information content (AvgIpc) is 1.68. The lowest BCUT2D eigenvalue weighted by Crippen LogP contribution is -2.22. The van der Waals surface area contributed by atoms with Crippen LogP contribution < -0.4 is 0 Å². The molecular weight excluding hydrogens is 1130 g/mol. The Morgan fingerprint density at radius 3 is 0.383 bits per heavy atom. The molecule has 0 heteroatoms. The van der Waals surface area contributed by atoms with Crippen molar-refractivity contribution in [2.75, 3.05) is 0 Å². The summed E-state index contributed by atoms with van der Waals surface area (Å²) in [7, 11) is 0. The molecule has 0 saturated heterocycles. The molecule has 0 nitrogen and oxygen atoms in total. The first-order valence-electron chi connectivity index (χ1n) is 44.5. The number of hydrogen-bond donors (Lipinski definition) is 0. The first kappa shape index (κ1) is 105. The number of hydrogen-bond acceptors (Lipinski definition) is 0. The van der Waals surface area contributed by atoms with E-state index in [0.717, 1.165) is 47.3 Å². The van der Waals surface area contributed by atoms with Crippen molar-refractivity contribution in [1.82, 2.24) is 0 Å². The molecule has 576 valence electrons. The van der Waals surface area contributed by atoms with Gasteiger partial charge in [0.15, 0.2) is 0 Å². The standard InChI is InChI=1S/C20H36.3C9H18.4C8H16.C3H6.4C2H6.4CH4/c1-16-7-5-11-17(12-6-8-16)19-9-3-2-4-10-20(15-19)18-13-14-18;3*1-9-7-5-3-2-4-6-8-9;4*1-2-4-6-8-7-5-3-1;1-2-3-1;4*1-2;;;;/h16-20H,2-15H2,1H3;3*9H,2-8H2,1H3;4*1-8H2;1-3H2;4*1-2H3;4*1H4. The highest BCUT2D eigenvalue weighted by atomic mass is 14.4. The quantitative estimate of drug-likeness (QED) is 0.259. The minimum atomic E-state index is 0. The van der Waals surface area contributed by atoms with Crippen molar-refractivity contribution < 1.29 is 0 Å². The van der Waals surface area contributed by atoms with Crippen LogP contribution in [-0.2, 0) is 0 Å². The van der Waals surface area contributed by atoms with Gasteiger partial charge in [0.1, 0.15) is 0 Å². The van der Waals surface area contributed by atoms with E-state index in [2.05, 4.69) is 27.7 Å². The second-order valence-electron chi connectivity index (χ2n) is 31.2. The molecule has 2 unspecified atom stereocenters. The van der Waals surface area contributed by atoms with Gasteiger partial charge in [0.25, 0.3) is 0 Å². The van der Waals surface area contributed by atoms with E-state index in [9.17, 15) is 0 Å². The lowest BCUT2D eigenvalue weighted by atomic mass is 9.72. The maximum Gasteiger partial charge on any atom is -0.0383 e. The van der Waals surface area contributed by atoms with Gasteiger partial charge in [-0.15, -0.1) is 0 Å². The van der Waals surface area contributed by atoms with Gasteiger partial charge < -0.3 is 0 Å². The molecule has 0 N–H and O–H groups in total. The summed E-state index contributed by atoms with van der Waals surface area (Å²) in [4.78, 5) is 0. The molecule has 0 aromatic rings. The average molecular weight is 1330 g/mol. The van der Waals surface area contributed by atoms with E-state index in [1.54, 1.807) is 44.9 Å². The summed E-state index contributed by atoms with van der Waals surface area (Å²) >= 11 is 0. The van der Waals surface area contributed by atoms with Gasteiger partial charge in [0.05, 0.1) is 0 Å². The lowest BCUT2D eigenvalue weighted by molar-refractivity contribution is 0.173. The highest BCUT2D eigenvalue weighted by Crippen LogP contribution is 2.47. The van der Waals surface area contributed by atoms with Gasteiger partial charge in [0.2, 0.25) is 0 Å². The van der Waals surface area contributed by atoms with Crippen LogP contribution in [0.1, 0.15) is 562 Å². The van der Waals surface area contributed by atoms with Gasteiger partial charge >= 0.3 is 0 Å². The Labute approximate surface area is 606 Å². The fraction of sp³-hybridized carbons (Fsp3) is 1.00. The molecule has 94 heavy (non-hydrogen) atoms. The van der Waals surface area contributed by atoms with Gasteiger partial charge in [0, 0.05) is 0 Å². The van der Waals surface area contributed by atoms with E-state index in [0.29, 0.717) is 0 Å². The predicted molar refractivity (Wildman–Crippen MR) is 446 cm³/mol. The van der Waals surface area contributed by atoms with Crippen LogP contribution in [0.15, 0.2) is 0 Å². The summed E-state index contributed by atoms with van der Waals surface area (Å²) in [6, 6.07) is 0. The summed E-state index contributed by atoms with van der Waals surface area (Å²) < 4.78 is 0. The third kappa shape index (κ3) is 79.3. The SMILES string of the molecule is C.C.C.C.C1CC1.C1CCCCCCC1.C1CCCCCCC1.C1CCCCCCC1.C1CCCCCCC1.CC.CC.CC.CC.CC1CCCC(C2CCCCCC(C3CC3)C2)CCC1.CC1CCCCCCC1.CC1CCCCCCC1.CC1CCCCCCC1. The maximum atomic E-state index is 2.47. The molecule has 0 radical (unpaired) electrons. The van der Waals surface area contributed by atoms with Crippen molar-refractivity contribution in [3.63, 3.8) is 0 Å². The summed E-state index contributed by atoms with van der Waals surface area (Å²) in [5.41, 5.74) is 0. The fourth-order valence-corrected chi connectivity index (χ4v) is 15.9. The molecule has 0 aromatic carbocycles. The molecule has 11 fully saturated rings. The topological polar surface area (TPSA) is 0 Å². The lowest BCUT2D eigenvalue weighted by Gasteiger charge is -2.34. The Kier molecular flexibility index (Phi) is 99.5. The van der Waals surface area contributed by atoms with Gasteiger partial charge in [-0.05, 0) is 66.6 Å². The largest absolute Gasteiger partial charge is 0.0776 e. The van der Waals surface area contributed by atoms with Crippen LogP contribution in [0.5, 0.6) is 0 Å². The van der Waals surface area contributed by atoms with Gasteiger partial charge in [-0.25, -0.2) is 0 Å². The van der Waals surface area contributed by atoms with Crippen molar-refractivity contribution in [1.29, 1.82) is 0 Å². The molecule has 0 bridgehead atoms. The summed E-state index contributed by atoms with van der Waals surface area (Å²) in [6.45, 7) is 25.7. The summed E-state index contributed by atoms with van der Waals surface area (Å²) in [5, 5.41) is 0. The van der Waals surface area contributed by atoms with Crippen LogP contribution in [0.2, 0.25) is 0 Å². The Balaban J connectivity index is -0.000000234. The molecule has 11 aliphatic carbocycles. The second kappa shape index (κ2) is 89.1. The van der Waals surface area contributed by atoms with Crippen molar-refractivity contribution >= 4 is 0 Å². The van der Waals surface area contributed by atoms with Crippen molar-refractivity contribution in [3.05, 3.63) is 0 Å². The van der Waals surface area contributed by atoms with E-state index in [-0.39, 0.29) is 29.7 Å². The first-order valence-corrected chi connectivity index (χ1v) is 44.5. The molecule has 11 saturated carbocycles. The van der Waals surface area contributed by atoms with E-state index >= 15 is 0 Å². The second-order valence-corrected chi connectivity index (χ2v) is 31.2. The van der Waals surface area contributed by atoms with E-state index in [1.165, 1.54) is 405 Å². The molecule has 0 amide bonds. The molecule has 2 atom stereocenters. The Hall–Kier alpha value is 0. The minimum Gasteiger partial charge on any atom is -0.0776 e. The normalized spacial score (nSPS) is 25.1. The molecule has 11 rings (SSSR count). The van der Waals surface area contributed by atoms with Crippen molar-refractivity contribution in [3.8, 4) is 0 Å². The van der Waals surface area contributed by atoms with E-state index in [1.807, 2.05) is 55.4 Å². The van der Waals surface area contributed by atoms with Gasteiger partial charge in [-0.3, -0.25) is 0 Å². The van der Waals surface area contributed by atoms with E-state index in [4.69, 9.17) is 0 Å². The zero-order chi connectivity index (χ0) is 66.1. The minimum absolute atomic E-state index is 0. The van der Waals surface area contributed by atoms with Crippen molar-refractivity contribution in [2.24, 2.45) is 47.3 Å². The van der Waals surface area contributed by atoms with Crippen LogP contribution in [0.3, 0.4) is 0 Å². The zero-order valence-corrected chi connectivity index (χ0v) is 66.1. The van der Waals surface area contributed by atoms with Crippen LogP contribution in [-0.4, -0.2) is 0 Å². The monoisotopic (exact) mass is 1330 g/mol. The molecule has 11 aliphatic rings. The van der Waals surface area contributed by atoms with Crippen LogP contribution >= 0.6 is 0 Å². The Morgan fingerprint density at radius 1 is 0.117 bits per heavy atom.